The second-order valence-electron chi connectivity index (χ2n) is 5.86. The summed E-state index contributed by atoms with van der Waals surface area (Å²) in [6, 6.07) is 13.0. The Bertz CT molecular complexity index is 777. The molecule has 3 N–H and O–H groups in total. The van der Waals surface area contributed by atoms with Crippen molar-refractivity contribution in [3.05, 3.63) is 70.5 Å². The number of benzene rings is 2. The molecule has 1 aliphatic heterocycles. The van der Waals surface area contributed by atoms with Crippen LogP contribution < -0.4 is 16.3 Å². The fourth-order valence-electron chi connectivity index (χ4n) is 2.61. The molecule has 130 valence electrons. The van der Waals surface area contributed by atoms with E-state index in [1.165, 1.54) is 12.1 Å². The van der Waals surface area contributed by atoms with Gasteiger partial charge >= 0.3 is 0 Å². The summed E-state index contributed by atoms with van der Waals surface area (Å²) >= 11 is 5.86. The van der Waals surface area contributed by atoms with Gasteiger partial charge in [-0.25, -0.2) is 20.7 Å². The standard InChI is InChI=1S/C18H18ClFN4O/c1-11(12-2-6-14(19)7-3-12)21-24-18(25)17-10-16(22-23-17)13-4-8-15(20)9-5-13/h2-9,16-17,22-23H,10H2,1H3,(H,24,25)/b21-11+. The summed E-state index contributed by atoms with van der Waals surface area (Å²) < 4.78 is 13.0. The highest BCUT2D eigenvalue weighted by Gasteiger charge is 2.30. The maximum Gasteiger partial charge on any atom is 0.258 e. The van der Waals surface area contributed by atoms with Gasteiger partial charge in [-0.3, -0.25) is 4.79 Å². The van der Waals surface area contributed by atoms with E-state index in [2.05, 4.69) is 21.4 Å². The van der Waals surface area contributed by atoms with Crippen molar-refractivity contribution in [1.82, 2.24) is 16.3 Å². The normalized spacial score (nSPS) is 20.5. The number of carbonyl (C=O) groups is 1. The highest BCUT2D eigenvalue weighted by molar-refractivity contribution is 6.30. The zero-order valence-corrected chi connectivity index (χ0v) is 14.3. The van der Waals surface area contributed by atoms with Crippen molar-refractivity contribution in [2.75, 3.05) is 0 Å². The lowest BCUT2D eigenvalue weighted by atomic mass is 10.0. The molecule has 3 rings (SSSR count). The first-order chi connectivity index (χ1) is 12.0. The van der Waals surface area contributed by atoms with E-state index < -0.39 is 6.04 Å². The number of nitrogens with one attached hydrogen (secondary N) is 3. The second-order valence-corrected chi connectivity index (χ2v) is 6.30. The van der Waals surface area contributed by atoms with E-state index in [9.17, 15) is 9.18 Å². The predicted octanol–water partition coefficient (Wildman–Crippen LogP) is 2.93. The van der Waals surface area contributed by atoms with Gasteiger partial charge in [0.2, 0.25) is 0 Å². The van der Waals surface area contributed by atoms with Crippen LogP contribution in [0.4, 0.5) is 4.39 Å². The van der Waals surface area contributed by atoms with E-state index in [4.69, 9.17) is 11.6 Å². The third-order valence-electron chi connectivity index (χ3n) is 4.09. The molecule has 1 fully saturated rings. The molecular weight excluding hydrogens is 343 g/mol. The first kappa shape index (κ1) is 17.5. The Kier molecular flexibility index (Phi) is 5.43. The summed E-state index contributed by atoms with van der Waals surface area (Å²) in [6.07, 6.45) is 0.549. The summed E-state index contributed by atoms with van der Waals surface area (Å²) in [5, 5.41) is 4.78. The van der Waals surface area contributed by atoms with Crippen LogP contribution in [0, 0.1) is 5.82 Å². The first-order valence-electron chi connectivity index (χ1n) is 7.89. The van der Waals surface area contributed by atoms with E-state index in [1.54, 1.807) is 24.3 Å². The van der Waals surface area contributed by atoms with Crippen LogP contribution in [0.3, 0.4) is 0 Å². The minimum atomic E-state index is -0.420. The number of amides is 1. The number of carbonyl (C=O) groups excluding carboxylic acids is 1. The fraction of sp³-hybridized carbons (Fsp3) is 0.222. The molecule has 2 atom stereocenters. The molecule has 2 aromatic carbocycles. The van der Waals surface area contributed by atoms with Gasteiger partial charge in [0.05, 0.1) is 5.71 Å². The molecule has 5 nitrogen and oxygen atoms in total. The summed E-state index contributed by atoms with van der Waals surface area (Å²) in [5.41, 5.74) is 11.1. The van der Waals surface area contributed by atoms with Crippen LogP contribution in [-0.2, 0) is 4.79 Å². The van der Waals surface area contributed by atoms with E-state index in [0.29, 0.717) is 17.2 Å². The van der Waals surface area contributed by atoms with E-state index >= 15 is 0 Å². The molecule has 7 heteroatoms. The lowest BCUT2D eigenvalue weighted by molar-refractivity contribution is -0.122. The molecule has 0 radical (unpaired) electrons. The number of hydrogen-bond donors (Lipinski definition) is 3. The lowest BCUT2D eigenvalue weighted by Crippen LogP contribution is -2.41. The van der Waals surface area contributed by atoms with Crippen LogP contribution in [0.15, 0.2) is 53.6 Å². The maximum absolute atomic E-state index is 13.0. The average molecular weight is 361 g/mol. The largest absolute Gasteiger partial charge is 0.271 e. The van der Waals surface area contributed by atoms with E-state index in [-0.39, 0.29) is 17.8 Å². The Balaban J connectivity index is 1.57. The van der Waals surface area contributed by atoms with E-state index in [1.807, 2.05) is 19.1 Å². The molecule has 0 aliphatic carbocycles. The number of hydrogen-bond acceptors (Lipinski definition) is 4. The smallest absolute Gasteiger partial charge is 0.258 e. The number of rotatable bonds is 4. The van der Waals surface area contributed by atoms with E-state index in [0.717, 1.165) is 11.1 Å². The highest BCUT2D eigenvalue weighted by Crippen LogP contribution is 2.22. The summed E-state index contributed by atoms with van der Waals surface area (Å²) in [6.45, 7) is 1.81. The number of hydrazone groups is 1. The summed E-state index contributed by atoms with van der Waals surface area (Å²) in [4.78, 5) is 12.3. The lowest BCUT2D eigenvalue weighted by Gasteiger charge is -2.09. The van der Waals surface area contributed by atoms with Gasteiger partial charge in [0, 0.05) is 11.1 Å². The molecule has 0 aromatic heterocycles. The van der Waals surface area contributed by atoms with Crippen molar-refractivity contribution in [1.29, 1.82) is 0 Å². The van der Waals surface area contributed by atoms with Crippen LogP contribution in [-0.4, -0.2) is 17.7 Å². The molecule has 1 amide bonds. The number of halogens is 2. The van der Waals surface area contributed by atoms with Crippen LogP contribution in [0.5, 0.6) is 0 Å². The van der Waals surface area contributed by atoms with Crippen molar-refractivity contribution in [3.63, 3.8) is 0 Å². The Hall–Kier alpha value is -2.28. The second kappa shape index (κ2) is 7.74. The SMILES string of the molecule is C/C(=N\NC(=O)C1CC(c2ccc(F)cc2)NN1)c1ccc(Cl)cc1. The summed E-state index contributed by atoms with van der Waals surface area (Å²) in [7, 11) is 0. The van der Waals surface area contributed by atoms with Gasteiger partial charge in [-0.05, 0) is 48.7 Å². The predicted molar refractivity (Wildman–Crippen MR) is 95.6 cm³/mol. The average Bonchev–Trinajstić information content (AvgIpc) is 3.11. The number of nitrogens with zero attached hydrogens (tertiary/aromatic N) is 1. The number of hydrazine groups is 1. The molecule has 25 heavy (non-hydrogen) atoms. The van der Waals surface area contributed by atoms with Crippen molar-refractivity contribution in [2.45, 2.75) is 25.4 Å². The Morgan fingerprint density at radius 2 is 1.84 bits per heavy atom. The molecule has 2 aromatic rings. The van der Waals surface area contributed by atoms with Crippen molar-refractivity contribution in [3.8, 4) is 0 Å². The van der Waals surface area contributed by atoms with Gasteiger partial charge in [0.15, 0.2) is 0 Å². The van der Waals surface area contributed by atoms with Gasteiger partial charge in [-0.2, -0.15) is 5.10 Å². The monoisotopic (exact) mass is 360 g/mol. The molecule has 0 bridgehead atoms. The Morgan fingerprint density at radius 3 is 2.52 bits per heavy atom. The molecule has 1 saturated heterocycles. The Morgan fingerprint density at radius 1 is 1.16 bits per heavy atom. The topological polar surface area (TPSA) is 65.5 Å². The van der Waals surface area contributed by atoms with Crippen LogP contribution in [0.1, 0.15) is 30.5 Å². The molecule has 1 heterocycles. The third-order valence-corrected chi connectivity index (χ3v) is 4.34. The van der Waals surface area contributed by atoms with Crippen molar-refractivity contribution < 1.29 is 9.18 Å². The van der Waals surface area contributed by atoms with Crippen LogP contribution in [0.25, 0.3) is 0 Å². The Labute approximate surface area is 150 Å². The fourth-order valence-corrected chi connectivity index (χ4v) is 2.74. The molecular formula is C18H18ClFN4O. The molecule has 2 unspecified atom stereocenters. The van der Waals surface area contributed by atoms with Gasteiger partial charge < -0.3 is 0 Å². The maximum atomic E-state index is 13.0. The van der Waals surface area contributed by atoms with Gasteiger partial charge in [-0.1, -0.05) is 35.9 Å². The summed E-state index contributed by atoms with van der Waals surface area (Å²) in [5.74, 6) is -0.513. The quantitative estimate of drug-likeness (QED) is 0.580. The van der Waals surface area contributed by atoms with Gasteiger partial charge in [0.1, 0.15) is 11.9 Å². The van der Waals surface area contributed by atoms with Gasteiger partial charge in [-0.15, -0.1) is 0 Å². The minimum Gasteiger partial charge on any atom is -0.271 e. The first-order valence-corrected chi connectivity index (χ1v) is 8.27. The third kappa shape index (κ3) is 4.42. The van der Waals surface area contributed by atoms with Crippen molar-refractivity contribution >= 4 is 23.2 Å². The zero-order valence-electron chi connectivity index (χ0n) is 13.6. The van der Waals surface area contributed by atoms with Crippen LogP contribution in [0.2, 0.25) is 5.02 Å². The molecule has 1 aliphatic rings. The minimum absolute atomic E-state index is 0.0577. The van der Waals surface area contributed by atoms with Crippen LogP contribution >= 0.6 is 11.6 Å². The van der Waals surface area contributed by atoms with Crippen molar-refractivity contribution in [2.24, 2.45) is 5.10 Å². The molecule has 0 spiro atoms. The molecule has 0 saturated carbocycles. The van der Waals surface area contributed by atoms with Gasteiger partial charge in [0.25, 0.3) is 5.91 Å². The zero-order chi connectivity index (χ0) is 17.8. The highest BCUT2D eigenvalue weighted by atomic mass is 35.5.